The Morgan fingerprint density at radius 3 is 2.48 bits per heavy atom. The Labute approximate surface area is 140 Å². The molecule has 0 aliphatic rings. The first-order valence-corrected chi connectivity index (χ1v) is 7.77. The number of nitrogens with one attached hydrogen (secondary N) is 2. The molecule has 2 N–H and O–H groups in total. The van der Waals surface area contributed by atoms with Gasteiger partial charge in [0, 0.05) is 17.3 Å². The minimum Gasteiger partial charge on any atom is -0.344 e. The van der Waals surface area contributed by atoms with Crippen molar-refractivity contribution in [2.24, 2.45) is 0 Å². The molecule has 0 saturated heterocycles. The first-order valence-electron chi connectivity index (χ1n) is 7.40. The summed E-state index contributed by atoms with van der Waals surface area (Å²) in [5.74, 6) is -1.11. The number of anilines is 1. The smallest absolute Gasteiger partial charge is 0.313 e. The van der Waals surface area contributed by atoms with E-state index in [1.165, 1.54) is 0 Å². The Kier molecular flexibility index (Phi) is 5.77. The normalized spacial score (nSPS) is 10.4. The third-order valence-corrected chi connectivity index (χ3v) is 3.61. The van der Waals surface area contributed by atoms with Gasteiger partial charge < -0.3 is 10.6 Å². The molecule has 0 atom stereocenters. The molecule has 23 heavy (non-hydrogen) atoms. The van der Waals surface area contributed by atoms with Gasteiger partial charge in [0.15, 0.2) is 0 Å². The predicted octanol–water partition coefficient (Wildman–Crippen LogP) is 3.72. The van der Waals surface area contributed by atoms with Crippen LogP contribution in [-0.4, -0.2) is 11.8 Å². The maximum Gasteiger partial charge on any atom is 0.313 e. The summed E-state index contributed by atoms with van der Waals surface area (Å²) in [6.45, 7) is 4.31. The van der Waals surface area contributed by atoms with Crippen molar-refractivity contribution in [3.63, 3.8) is 0 Å². The molecule has 0 aromatic heterocycles. The van der Waals surface area contributed by atoms with E-state index in [1.54, 1.807) is 24.3 Å². The summed E-state index contributed by atoms with van der Waals surface area (Å²) in [4.78, 5) is 24.0. The van der Waals surface area contributed by atoms with E-state index in [4.69, 9.17) is 11.6 Å². The van der Waals surface area contributed by atoms with Crippen LogP contribution in [0.2, 0.25) is 5.02 Å². The lowest BCUT2D eigenvalue weighted by Crippen LogP contribution is -2.35. The summed E-state index contributed by atoms with van der Waals surface area (Å²) in [6, 6.07) is 14.6. The lowest BCUT2D eigenvalue weighted by Gasteiger charge is -2.13. The zero-order chi connectivity index (χ0) is 16.8. The van der Waals surface area contributed by atoms with Gasteiger partial charge in [-0.2, -0.15) is 0 Å². The summed E-state index contributed by atoms with van der Waals surface area (Å²) < 4.78 is 0. The highest BCUT2D eigenvalue weighted by Gasteiger charge is 2.15. The Morgan fingerprint density at radius 1 is 1.04 bits per heavy atom. The van der Waals surface area contributed by atoms with Gasteiger partial charge in [0.1, 0.15) is 0 Å². The molecule has 0 saturated carbocycles. The lowest BCUT2D eigenvalue weighted by molar-refractivity contribution is -0.136. The summed E-state index contributed by atoms with van der Waals surface area (Å²) in [5, 5.41) is 5.84. The quantitative estimate of drug-likeness (QED) is 0.839. The second kappa shape index (κ2) is 7.79. The van der Waals surface area contributed by atoms with E-state index >= 15 is 0 Å². The number of para-hydroxylation sites is 1. The van der Waals surface area contributed by atoms with Crippen LogP contribution in [0.5, 0.6) is 0 Å². The third-order valence-electron chi connectivity index (χ3n) is 3.38. The molecule has 0 spiro atoms. The van der Waals surface area contributed by atoms with Crippen molar-refractivity contribution in [2.45, 2.75) is 26.3 Å². The van der Waals surface area contributed by atoms with Crippen molar-refractivity contribution in [3.8, 4) is 0 Å². The van der Waals surface area contributed by atoms with Crippen LogP contribution in [0.25, 0.3) is 0 Å². The number of carbonyl (C=O) groups is 2. The van der Waals surface area contributed by atoms with Crippen LogP contribution >= 0.6 is 11.6 Å². The minimum atomic E-state index is -0.680. The average Bonchev–Trinajstić information content (AvgIpc) is 2.53. The monoisotopic (exact) mass is 330 g/mol. The van der Waals surface area contributed by atoms with Gasteiger partial charge in [-0.25, -0.2) is 0 Å². The Bertz CT molecular complexity index is 714. The number of amides is 2. The molecule has 0 aliphatic carbocycles. The van der Waals surface area contributed by atoms with E-state index in [0.29, 0.717) is 10.7 Å². The molecule has 2 aromatic rings. The van der Waals surface area contributed by atoms with E-state index in [-0.39, 0.29) is 12.5 Å². The Hall–Kier alpha value is -2.33. The van der Waals surface area contributed by atoms with Crippen LogP contribution in [0.15, 0.2) is 48.5 Å². The molecular formula is C18H19ClN2O2. The van der Waals surface area contributed by atoms with Crippen LogP contribution in [0.4, 0.5) is 5.69 Å². The van der Waals surface area contributed by atoms with Crippen LogP contribution < -0.4 is 10.6 Å². The molecule has 0 aliphatic heterocycles. The van der Waals surface area contributed by atoms with E-state index in [1.807, 2.05) is 38.1 Å². The predicted molar refractivity (Wildman–Crippen MR) is 92.5 cm³/mol. The molecule has 0 bridgehead atoms. The fourth-order valence-corrected chi connectivity index (χ4v) is 2.42. The van der Waals surface area contributed by atoms with Gasteiger partial charge in [0.05, 0.1) is 0 Å². The molecular weight excluding hydrogens is 312 g/mol. The van der Waals surface area contributed by atoms with Crippen LogP contribution in [-0.2, 0) is 16.1 Å². The maximum atomic E-state index is 12.0. The van der Waals surface area contributed by atoms with Gasteiger partial charge in [0.2, 0.25) is 0 Å². The zero-order valence-electron chi connectivity index (χ0n) is 13.1. The summed E-state index contributed by atoms with van der Waals surface area (Å²) in [5.41, 5.74) is 2.48. The van der Waals surface area contributed by atoms with Gasteiger partial charge in [-0.1, -0.05) is 55.8 Å². The molecule has 0 unspecified atom stereocenters. The second-order valence-electron chi connectivity index (χ2n) is 5.51. The lowest BCUT2D eigenvalue weighted by atomic mass is 10.0. The fraction of sp³-hybridized carbons (Fsp3) is 0.222. The first kappa shape index (κ1) is 17.0. The highest BCUT2D eigenvalue weighted by molar-refractivity contribution is 6.39. The molecule has 2 rings (SSSR count). The molecule has 0 fully saturated rings. The fourth-order valence-electron chi connectivity index (χ4n) is 2.20. The number of rotatable bonds is 4. The first-order chi connectivity index (χ1) is 11.0. The topological polar surface area (TPSA) is 58.2 Å². The third kappa shape index (κ3) is 4.83. The van der Waals surface area contributed by atoms with Crippen molar-refractivity contribution in [1.82, 2.24) is 5.32 Å². The molecule has 5 heteroatoms. The van der Waals surface area contributed by atoms with Gasteiger partial charge >= 0.3 is 11.8 Å². The second-order valence-corrected chi connectivity index (χ2v) is 5.95. The summed E-state index contributed by atoms with van der Waals surface area (Å²) in [6.07, 6.45) is 0. The zero-order valence-corrected chi connectivity index (χ0v) is 13.9. The van der Waals surface area contributed by atoms with Crippen molar-refractivity contribution >= 4 is 29.1 Å². The molecule has 0 heterocycles. The van der Waals surface area contributed by atoms with E-state index in [0.717, 1.165) is 11.1 Å². The van der Waals surface area contributed by atoms with Crippen LogP contribution in [0.3, 0.4) is 0 Å². The minimum absolute atomic E-state index is 0.249. The van der Waals surface area contributed by atoms with Crippen molar-refractivity contribution in [3.05, 3.63) is 64.7 Å². The van der Waals surface area contributed by atoms with Crippen LogP contribution in [0.1, 0.15) is 30.9 Å². The van der Waals surface area contributed by atoms with E-state index < -0.39 is 11.8 Å². The number of hydrogen-bond acceptors (Lipinski definition) is 2. The van der Waals surface area contributed by atoms with Crippen molar-refractivity contribution in [2.75, 3.05) is 5.32 Å². The van der Waals surface area contributed by atoms with Crippen LogP contribution in [0, 0.1) is 0 Å². The Morgan fingerprint density at radius 2 is 1.78 bits per heavy atom. The molecule has 120 valence electrons. The van der Waals surface area contributed by atoms with E-state index in [9.17, 15) is 9.59 Å². The number of carbonyl (C=O) groups excluding carboxylic acids is 2. The number of hydrogen-bond donors (Lipinski definition) is 2. The average molecular weight is 331 g/mol. The Balaban J connectivity index is 1.97. The highest BCUT2D eigenvalue weighted by atomic mass is 35.5. The largest absolute Gasteiger partial charge is 0.344 e. The molecule has 2 aromatic carbocycles. The number of halogens is 1. The van der Waals surface area contributed by atoms with Crippen molar-refractivity contribution in [1.29, 1.82) is 0 Å². The number of benzene rings is 2. The van der Waals surface area contributed by atoms with Gasteiger partial charge in [-0.15, -0.1) is 0 Å². The SMILES string of the molecule is CC(C)c1ccccc1NC(=O)C(=O)NCc1cccc(Cl)c1. The molecule has 2 amide bonds. The highest BCUT2D eigenvalue weighted by Crippen LogP contribution is 2.23. The molecule has 0 radical (unpaired) electrons. The van der Waals surface area contributed by atoms with Gasteiger partial charge in [0.25, 0.3) is 0 Å². The van der Waals surface area contributed by atoms with Gasteiger partial charge in [-0.05, 0) is 35.2 Å². The van der Waals surface area contributed by atoms with Gasteiger partial charge in [-0.3, -0.25) is 9.59 Å². The van der Waals surface area contributed by atoms with Crippen molar-refractivity contribution < 1.29 is 9.59 Å². The maximum absolute atomic E-state index is 12.0. The summed E-state index contributed by atoms with van der Waals surface area (Å²) >= 11 is 5.89. The van der Waals surface area contributed by atoms with E-state index in [2.05, 4.69) is 10.6 Å². The molecule has 4 nitrogen and oxygen atoms in total. The summed E-state index contributed by atoms with van der Waals surface area (Å²) in [7, 11) is 0. The standard InChI is InChI=1S/C18H19ClN2O2/c1-12(2)15-8-3-4-9-16(15)21-18(23)17(22)20-11-13-6-5-7-14(19)10-13/h3-10,12H,11H2,1-2H3,(H,20,22)(H,21,23).